The molecule has 0 saturated heterocycles. The van der Waals surface area contributed by atoms with Gasteiger partial charge in [-0.25, -0.2) is 25.3 Å². The molecule has 0 aliphatic heterocycles. The zero-order chi connectivity index (χ0) is 54.9. The molecule has 0 radical (unpaired) electrons. The van der Waals surface area contributed by atoms with E-state index in [2.05, 4.69) is 60.5 Å². The second kappa shape index (κ2) is 31.3. The van der Waals surface area contributed by atoms with Crippen molar-refractivity contribution in [1.29, 1.82) is 0 Å². The van der Waals surface area contributed by atoms with Crippen molar-refractivity contribution in [3.8, 4) is 0 Å². The second-order valence-electron chi connectivity index (χ2n) is 15.6. The number of anilines is 10. The SMILES string of the molecule is O=S(=O)([O-])c1cc(Nc2nc(Nc3ccc(S(=O)(=O)CCO)cc3)nc(N(CCO)CCO)n2)ccc1/C=C/c1ccc(Nc2nc(Nc3ccc(S(=O)(=O)CCO)cc3)nc(N(CCO)CCO)n2)cc1SOO[O-].[Na+].[Na+]. The van der Waals surface area contributed by atoms with E-state index in [1.807, 2.05) is 0 Å². The van der Waals surface area contributed by atoms with Crippen LogP contribution in [0.2, 0.25) is 0 Å². The van der Waals surface area contributed by atoms with Gasteiger partial charge >= 0.3 is 59.1 Å². The Morgan fingerprint density at radius 1 is 0.500 bits per heavy atom. The van der Waals surface area contributed by atoms with Gasteiger partial charge in [0, 0.05) is 53.8 Å². The van der Waals surface area contributed by atoms with Crippen LogP contribution in [0.4, 0.5) is 58.4 Å². The van der Waals surface area contributed by atoms with E-state index in [-0.39, 0.29) is 173 Å². The Hall–Kier alpha value is -4.76. The second-order valence-corrected chi connectivity index (χ2v) is 21.9. The van der Waals surface area contributed by atoms with Crippen molar-refractivity contribution in [3.05, 3.63) is 96.1 Å². The van der Waals surface area contributed by atoms with Gasteiger partial charge in [0.05, 0.1) is 77.9 Å². The molecule has 4 aromatic carbocycles. The van der Waals surface area contributed by atoms with Crippen molar-refractivity contribution in [2.24, 2.45) is 0 Å². The Labute approximate surface area is 496 Å². The van der Waals surface area contributed by atoms with Crippen molar-refractivity contribution in [1.82, 2.24) is 29.9 Å². The molecular formula is C44H50N12Na2O16S4. The van der Waals surface area contributed by atoms with Gasteiger partial charge in [-0.15, -0.1) is 0 Å². The van der Waals surface area contributed by atoms with E-state index in [1.165, 1.54) is 94.7 Å². The Balaban J connectivity index is 0.00000656. The van der Waals surface area contributed by atoms with Crippen LogP contribution in [0.25, 0.3) is 12.2 Å². The summed E-state index contributed by atoms with van der Waals surface area (Å²) < 4.78 is 92.7. The third-order valence-corrected chi connectivity index (χ3v) is 15.3. The summed E-state index contributed by atoms with van der Waals surface area (Å²) in [6.45, 7) is -2.50. The van der Waals surface area contributed by atoms with Gasteiger partial charge in [0.2, 0.25) is 35.7 Å². The fourth-order valence-corrected chi connectivity index (χ4v) is 10.1. The fourth-order valence-electron chi connectivity index (χ4n) is 6.84. The van der Waals surface area contributed by atoms with Gasteiger partial charge in [-0.1, -0.05) is 24.3 Å². The molecule has 0 amide bonds. The number of sulfone groups is 2. The van der Waals surface area contributed by atoms with Gasteiger partial charge in [-0.3, -0.25) is 5.04 Å². The van der Waals surface area contributed by atoms with Gasteiger partial charge in [-0.05, 0) is 83.9 Å². The summed E-state index contributed by atoms with van der Waals surface area (Å²) in [4.78, 5) is 28.7. The van der Waals surface area contributed by atoms with Crippen molar-refractivity contribution in [2.75, 3.05) is 108 Å². The molecule has 2 aromatic heterocycles. The summed E-state index contributed by atoms with van der Waals surface area (Å²) in [6, 6.07) is 19.4. The molecule has 408 valence electrons. The Morgan fingerprint density at radius 3 is 1.23 bits per heavy atom. The minimum absolute atomic E-state index is 0. The van der Waals surface area contributed by atoms with Gasteiger partial charge in [0.1, 0.15) is 10.1 Å². The first-order chi connectivity index (χ1) is 36.4. The first-order valence-electron chi connectivity index (χ1n) is 22.4. The van der Waals surface area contributed by atoms with Gasteiger partial charge < -0.3 is 71.5 Å². The van der Waals surface area contributed by atoms with Crippen LogP contribution in [0.1, 0.15) is 11.1 Å². The summed E-state index contributed by atoms with van der Waals surface area (Å²) in [5.74, 6) is -1.36. The van der Waals surface area contributed by atoms with Crippen LogP contribution in [-0.2, 0) is 39.2 Å². The normalized spacial score (nSPS) is 11.6. The number of hydrogen-bond acceptors (Lipinski definition) is 29. The maximum absolute atomic E-state index is 12.8. The molecule has 0 spiro atoms. The Kier molecular flexibility index (Phi) is 26.4. The number of benzene rings is 4. The third kappa shape index (κ3) is 18.9. The monoisotopic (exact) mass is 1180 g/mol. The number of hydrogen-bond donors (Lipinski definition) is 10. The van der Waals surface area contributed by atoms with Crippen LogP contribution in [0.5, 0.6) is 0 Å². The Morgan fingerprint density at radius 2 is 0.859 bits per heavy atom. The topological polar surface area (TPSA) is 420 Å². The molecule has 6 rings (SSSR count). The average Bonchev–Trinajstić information content (AvgIpc) is 3.38. The minimum atomic E-state index is -5.19. The van der Waals surface area contributed by atoms with E-state index in [0.717, 1.165) is 6.07 Å². The smallest absolute Gasteiger partial charge is 0.744 e. The summed E-state index contributed by atoms with van der Waals surface area (Å²) >= 11 is 0.476. The molecule has 78 heavy (non-hydrogen) atoms. The first kappa shape index (κ1) is 65.8. The van der Waals surface area contributed by atoms with Crippen LogP contribution < -0.4 is 95.4 Å². The van der Waals surface area contributed by atoms with E-state index < -0.39 is 59.4 Å². The number of aromatic nitrogens is 6. The van der Waals surface area contributed by atoms with Gasteiger partial charge in [-0.2, -0.15) is 34.2 Å². The summed E-state index contributed by atoms with van der Waals surface area (Å²) in [5.41, 5.74) is 1.26. The summed E-state index contributed by atoms with van der Waals surface area (Å²) in [6.07, 6.45) is 2.73. The first-order valence-corrected chi connectivity index (χ1v) is 27.8. The van der Waals surface area contributed by atoms with Crippen LogP contribution in [0.15, 0.2) is 105 Å². The molecule has 10 N–H and O–H groups in total. The van der Waals surface area contributed by atoms with Crippen molar-refractivity contribution >= 4 is 112 Å². The van der Waals surface area contributed by atoms with E-state index >= 15 is 0 Å². The standard InChI is InChI=1S/C44H52N12O16S4.2Na/c57-19-15-55(16-20-58)43-51-39(45-31-7-11-35(12-8-31)74(64,65)25-23-61)49-41(53-43)47-33-5-3-29(37(27-33)73-72-71-63)1-2-30-4-6-34(28-38(30)76(68,69)70)48-42-50-40(52-44(54-42)56(17-21-59)18-22-60)46-32-9-13-36(14-10-32)75(66,67)26-24-62;;/h1-14,27-28,57-63H,15-26H2,(H,68,69,70)(H2,45,47,49,51,53)(H2,46,48,50,52,54);;/q;2*+1/p-2/b2-1+;;. The number of nitrogens with zero attached hydrogens (tertiary/aromatic N) is 8. The molecule has 2 heterocycles. The largest absolute Gasteiger partial charge is 1.00 e. The fraction of sp³-hybridized carbons (Fsp3) is 0.273. The van der Waals surface area contributed by atoms with Gasteiger partial charge in [0.15, 0.2) is 19.7 Å². The molecule has 0 fully saturated rings. The number of aliphatic hydroxyl groups excluding tert-OH is 6. The van der Waals surface area contributed by atoms with Crippen LogP contribution >= 0.6 is 12.0 Å². The molecule has 0 aliphatic rings. The number of rotatable bonds is 30. The van der Waals surface area contributed by atoms with E-state index in [0.29, 0.717) is 34.7 Å². The van der Waals surface area contributed by atoms with Crippen LogP contribution in [-0.4, -0.2) is 168 Å². The van der Waals surface area contributed by atoms with Crippen molar-refractivity contribution in [2.45, 2.75) is 19.6 Å². The molecular weight excluding hydrogens is 1130 g/mol. The van der Waals surface area contributed by atoms with E-state index in [9.17, 15) is 55.5 Å². The number of nitrogens with one attached hydrogen (secondary N) is 4. The number of aliphatic hydroxyl groups is 6. The molecule has 0 saturated carbocycles. The third-order valence-electron chi connectivity index (χ3n) is 10.4. The Bertz CT molecular complexity index is 3280. The summed E-state index contributed by atoms with van der Waals surface area (Å²) in [7, 11) is -12.7. The van der Waals surface area contributed by atoms with Gasteiger partial charge in [0.25, 0.3) is 0 Å². The van der Waals surface area contributed by atoms with E-state index in [1.54, 1.807) is 6.07 Å². The zero-order valence-electron chi connectivity index (χ0n) is 41.7. The molecule has 0 unspecified atom stereocenters. The molecule has 0 atom stereocenters. The molecule has 28 nitrogen and oxygen atoms in total. The van der Waals surface area contributed by atoms with Crippen LogP contribution in [0.3, 0.4) is 0 Å². The predicted octanol–water partition coefficient (Wildman–Crippen LogP) is -5.54. The molecule has 0 aliphatic carbocycles. The maximum Gasteiger partial charge on any atom is 1.00 e. The predicted molar refractivity (Wildman–Crippen MR) is 275 cm³/mol. The minimum Gasteiger partial charge on any atom is -0.744 e. The van der Waals surface area contributed by atoms with Crippen molar-refractivity contribution in [3.63, 3.8) is 0 Å². The molecule has 34 heteroatoms. The molecule has 6 aromatic rings. The average molecular weight is 1180 g/mol. The quantitative estimate of drug-likeness (QED) is 0.00502. The van der Waals surface area contributed by atoms with Crippen molar-refractivity contribution < 1.29 is 134 Å². The maximum atomic E-state index is 12.8. The van der Waals surface area contributed by atoms with Crippen LogP contribution in [0, 0.1) is 0 Å². The zero-order valence-corrected chi connectivity index (χ0v) is 49.0. The molecule has 0 bridgehead atoms. The van der Waals surface area contributed by atoms with E-state index in [4.69, 9.17) is 10.2 Å². The summed E-state index contributed by atoms with van der Waals surface area (Å²) in [5, 5.41) is 83.5.